The maximum atomic E-state index is 14.3. The number of aromatic nitrogens is 2. The molecule has 1 amide bonds. The number of hydrogen-bond donors (Lipinski definition) is 4. The zero-order valence-electron chi connectivity index (χ0n) is 16.0. The molecule has 29 heavy (non-hydrogen) atoms. The van der Waals surface area contributed by atoms with Gasteiger partial charge in [0.25, 0.3) is 5.56 Å². The smallest absolute Gasteiger partial charge is 0.294 e. The predicted octanol–water partition coefficient (Wildman–Crippen LogP) is -0.177. The van der Waals surface area contributed by atoms with E-state index in [4.69, 9.17) is 16.3 Å². The van der Waals surface area contributed by atoms with Gasteiger partial charge in [0.1, 0.15) is 13.2 Å². The van der Waals surface area contributed by atoms with E-state index in [1.54, 1.807) is 31.2 Å². The van der Waals surface area contributed by atoms with Crippen LogP contribution in [0.25, 0.3) is 0 Å². The van der Waals surface area contributed by atoms with Crippen LogP contribution in [0.2, 0.25) is 0 Å². The van der Waals surface area contributed by atoms with Gasteiger partial charge in [-0.15, -0.1) is 0 Å². The first kappa shape index (κ1) is 21.7. The van der Waals surface area contributed by atoms with Crippen LogP contribution in [0.15, 0.2) is 46.5 Å². The third-order valence-corrected chi connectivity index (χ3v) is 3.79. The second-order valence-electron chi connectivity index (χ2n) is 6.14. The lowest BCUT2D eigenvalue weighted by atomic mass is 10.1. The summed E-state index contributed by atoms with van der Waals surface area (Å²) in [4.78, 5) is 33.4. The van der Waals surface area contributed by atoms with Crippen molar-refractivity contribution in [2.75, 3.05) is 18.5 Å². The fourth-order valence-corrected chi connectivity index (χ4v) is 2.44. The van der Waals surface area contributed by atoms with E-state index in [1.807, 2.05) is 6.07 Å². The van der Waals surface area contributed by atoms with Crippen molar-refractivity contribution in [3.63, 3.8) is 0 Å². The number of nitrogens with two attached hydrogens (primary N) is 2. The van der Waals surface area contributed by atoms with Crippen molar-refractivity contribution in [3.05, 3.63) is 58.1 Å². The standard InChI is InChI=1S/C18H24FN7O3/c1-12-10-23-16(24-14(19)9-13-5-3-2-4-6-13)17(28)26(12)11-15(27)22-7-8-29-25-18(20)21/h2-6,10,14H,7-9,11H2,1H3,(H,22,27)(H,23,24)(H4,20,21,25). The highest BCUT2D eigenvalue weighted by Gasteiger charge is 2.15. The number of anilines is 1. The highest BCUT2D eigenvalue weighted by atomic mass is 19.1. The minimum atomic E-state index is -1.50. The van der Waals surface area contributed by atoms with Crippen LogP contribution >= 0.6 is 0 Å². The zero-order chi connectivity index (χ0) is 21.2. The zero-order valence-corrected chi connectivity index (χ0v) is 16.0. The fraction of sp³-hybridized carbons (Fsp3) is 0.333. The molecule has 0 aliphatic heterocycles. The molecule has 156 valence electrons. The summed E-state index contributed by atoms with van der Waals surface area (Å²) in [5, 5.41) is 8.35. The third-order valence-electron chi connectivity index (χ3n) is 3.79. The van der Waals surface area contributed by atoms with Crippen molar-refractivity contribution < 1.29 is 14.0 Å². The van der Waals surface area contributed by atoms with Crippen molar-refractivity contribution >= 4 is 17.7 Å². The van der Waals surface area contributed by atoms with Crippen LogP contribution in [-0.2, 0) is 22.6 Å². The molecule has 0 saturated carbocycles. The van der Waals surface area contributed by atoms with Gasteiger partial charge in [0.15, 0.2) is 12.1 Å². The lowest BCUT2D eigenvalue weighted by Gasteiger charge is -2.14. The molecular weight excluding hydrogens is 381 g/mol. The first-order valence-electron chi connectivity index (χ1n) is 8.85. The van der Waals surface area contributed by atoms with E-state index in [0.29, 0.717) is 5.69 Å². The van der Waals surface area contributed by atoms with Gasteiger partial charge < -0.3 is 26.9 Å². The highest BCUT2D eigenvalue weighted by Crippen LogP contribution is 2.08. The number of carbonyl (C=O) groups is 1. The van der Waals surface area contributed by atoms with Crippen LogP contribution in [0.5, 0.6) is 0 Å². The van der Waals surface area contributed by atoms with Crippen LogP contribution in [0.3, 0.4) is 0 Å². The maximum Gasteiger partial charge on any atom is 0.294 e. The molecule has 2 aromatic rings. The Balaban J connectivity index is 1.96. The number of oxime groups is 1. The van der Waals surface area contributed by atoms with E-state index in [-0.39, 0.29) is 37.9 Å². The van der Waals surface area contributed by atoms with E-state index >= 15 is 0 Å². The Hall–Kier alpha value is -3.63. The predicted molar refractivity (Wildman–Crippen MR) is 107 cm³/mol. The number of benzene rings is 1. The number of hydrogen-bond acceptors (Lipinski definition) is 6. The summed E-state index contributed by atoms with van der Waals surface area (Å²) in [7, 11) is 0. The van der Waals surface area contributed by atoms with Crippen molar-refractivity contribution in [2.24, 2.45) is 16.6 Å². The van der Waals surface area contributed by atoms with E-state index in [9.17, 15) is 14.0 Å². The van der Waals surface area contributed by atoms with Crippen molar-refractivity contribution in [1.29, 1.82) is 0 Å². The number of halogens is 1. The number of amides is 1. The fourth-order valence-electron chi connectivity index (χ4n) is 2.44. The largest absolute Gasteiger partial charge is 0.391 e. The van der Waals surface area contributed by atoms with Crippen LogP contribution in [0.1, 0.15) is 11.3 Å². The Bertz CT molecular complexity index is 898. The number of nitrogens with zero attached hydrogens (tertiary/aromatic N) is 3. The number of rotatable bonds is 10. The van der Waals surface area contributed by atoms with Crippen molar-refractivity contribution in [3.8, 4) is 0 Å². The Labute approximate surface area is 166 Å². The summed E-state index contributed by atoms with van der Waals surface area (Å²) >= 11 is 0. The normalized spacial score (nSPS) is 11.4. The van der Waals surface area contributed by atoms with Crippen LogP contribution in [0.4, 0.5) is 10.2 Å². The van der Waals surface area contributed by atoms with Gasteiger partial charge in [-0.1, -0.05) is 30.3 Å². The van der Waals surface area contributed by atoms with Gasteiger partial charge in [-0.25, -0.2) is 9.37 Å². The van der Waals surface area contributed by atoms with E-state index in [2.05, 4.69) is 20.8 Å². The van der Waals surface area contributed by atoms with Crippen LogP contribution in [0, 0.1) is 6.92 Å². The molecule has 0 radical (unpaired) electrons. The van der Waals surface area contributed by atoms with E-state index in [1.165, 1.54) is 10.8 Å². The maximum absolute atomic E-state index is 14.3. The number of alkyl halides is 1. The molecule has 0 saturated heterocycles. The van der Waals surface area contributed by atoms with Gasteiger partial charge in [-0.2, -0.15) is 0 Å². The SMILES string of the molecule is Cc1cnc(NC(F)Cc2ccccc2)c(=O)n1CC(=O)NCCON=C(N)N. The molecule has 0 aliphatic rings. The van der Waals surface area contributed by atoms with Gasteiger partial charge in [0.2, 0.25) is 11.9 Å². The molecular formula is C18H24FN7O3. The minimum Gasteiger partial charge on any atom is -0.391 e. The van der Waals surface area contributed by atoms with Crippen molar-refractivity contribution in [2.45, 2.75) is 26.2 Å². The molecule has 1 heterocycles. The number of carbonyl (C=O) groups excluding carboxylic acids is 1. The Morgan fingerprint density at radius 1 is 1.34 bits per heavy atom. The molecule has 11 heteroatoms. The molecule has 1 aromatic heterocycles. The van der Waals surface area contributed by atoms with Gasteiger partial charge in [0.05, 0.1) is 6.54 Å². The molecule has 1 aromatic carbocycles. The quantitative estimate of drug-likeness (QED) is 0.141. The number of guanidine groups is 1. The second-order valence-corrected chi connectivity index (χ2v) is 6.14. The van der Waals surface area contributed by atoms with Crippen LogP contribution < -0.4 is 27.7 Å². The average molecular weight is 405 g/mol. The molecule has 0 fully saturated rings. The summed E-state index contributed by atoms with van der Waals surface area (Å²) < 4.78 is 15.5. The summed E-state index contributed by atoms with van der Waals surface area (Å²) in [5.74, 6) is -0.821. The van der Waals surface area contributed by atoms with Crippen molar-refractivity contribution in [1.82, 2.24) is 14.9 Å². The van der Waals surface area contributed by atoms with Gasteiger partial charge in [-0.3, -0.25) is 14.2 Å². The van der Waals surface area contributed by atoms with Gasteiger partial charge in [-0.05, 0) is 17.6 Å². The lowest BCUT2D eigenvalue weighted by Crippen LogP contribution is -2.36. The topological polar surface area (TPSA) is 150 Å². The molecule has 1 unspecified atom stereocenters. The average Bonchev–Trinajstić information content (AvgIpc) is 2.67. The molecule has 6 N–H and O–H groups in total. The molecule has 0 aliphatic carbocycles. The van der Waals surface area contributed by atoms with Crippen LogP contribution in [-0.4, -0.2) is 40.9 Å². The Morgan fingerprint density at radius 3 is 2.76 bits per heavy atom. The second kappa shape index (κ2) is 10.6. The number of nitrogens with one attached hydrogen (secondary N) is 2. The third kappa shape index (κ3) is 7.13. The summed E-state index contributed by atoms with van der Waals surface area (Å²) in [6, 6.07) is 9.02. The first-order valence-corrected chi connectivity index (χ1v) is 8.85. The minimum absolute atomic E-state index is 0.0592. The van der Waals surface area contributed by atoms with Gasteiger partial charge >= 0.3 is 0 Å². The lowest BCUT2D eigenvalue weighted by molar-refractivity contribution is -0.122. The monoisotopic (exact) mass is 405 g/mol. The van der Waals surface area contributed by atoms with Gasteiger partial charge in [0, 0.05) is 18.3 Å². The number of aryl methyl sites for hydroxylation is 1. The Kier molecular flexibility index (Phi) is 7.95. The summed E-state index contributed by atoms with van der Waals surface area (Å²) in [6.07, 6.45) is -0.0319. The molecule has 0 spiro atoms. The molecule has 10 nitrogen and oxygen atoms in total. The molecule has 2 rings (SSSR count). The molecule has 1 atom stereocenters. The highest BCUT2D eigenvalue weighted by molar-refractivity contribution is 5.76. The first-order chi connectivity index (χ1) is 13.9. The summed E-state index contributed by atoms with van der Waals surface area (Å²) in [5.41, 5.74) is 10.9. The summed E-state index contributed by atoms with van der Waals surface area (Å²) in [6.45, 7) is 1.58. The molecule has 0 bridgehead atoms. The van der Waals surface area contributed by atoms with E-state index in [0.717, 1.165) is 5.56 Å². The Morgan fingerprint density at radius 2 is 2.07 bits per heavy atom. The van der Waals surface area contributed by atoms with E-state index < -0.39 is 17.8 Å².